The van der Waals surface area contributed by atoms with Crippen LogP contribution in [0.15, 0.2) is 72.9 Å². The molecule has 1 aromatic heterocycles. The Morgan fingerprint density at radius 3 is 2.39 bits per heavy atom. The van der Waals surface area contributed by atoms with Gasteiger partial charge < -0.3 is 29.1 Å². The Morgan fingerprint density at radius 2 is 1.67 bits per heavy atom. The second-order valence-corrected chi connectivity index (χ2v) is 20.2. The molecule has 54 heavy (non-hydrogen) atoms. The zero-order valence-electron chi connectivity index (χ0n) is 32.2. The van der Waals surface area contributed by atoms with E-state index in [0.29, 0.717) is 38.1 Å². The molecule has 0 saturated carbocycles. The molecule has 2 saturated heterocycles. The van der Waals surface area contributed by atoms with Gasteiger partial charge in [-0.15, -0.1) is 5.10 Å². The highest BCUT2D eigenvalue weighted by molar-refractivity contribution is 6.91. The Bertz CT molecular complexity index is 1950. The lowest BCUT2D eigenvalue weighted by atomic mass is 9.82. The first-order valence-electron chi connectivity index (χ1n) is 19.3. The molecule has 2 fully saturated rings. The van der Waals surface area contributed by atoms with E-state index in [1.165, 1.54) is 5.19 Å². The molecule has 0 aliphatic carbocycles. The number of carbonyl (C=O) groups is 2. The normalized spacial score (nSPS) is 23.1. The van der Waals surface area contributed by atoms with Gasteiger partial charge in [-0.3, -0.25) is 14.3 Å². The van der Waals surface area contributed by atoms with E-state index >= 15 is 4.79 Å². The van der Waals surface area contributed by atoms with Crippen LogP contribution in [0.1, 0.15) is 62.3 Å². The van der Waals surface area contributed by atoms with Gasteiger partial charge in [0.1, 0.15) is 11.5 Å². The van der Waals surface area contributed by atoms with Gasteiger partial charge in [-0.05, 0) is 72.8 Å². The first-order valence-corrected chi connectivity index (χ1v) is 22.4. The van der Waals surface area contributed by atoms with Crippen molar-refractivity contribution in [2.24, 2.45) is 5.92 Å². The number of anilines is 2. The summed E-state index contributed by atoms with van der Waals surface area (Å²) in [5, 5.41) is 19.3. The predicted molar refractivity (Wildman–Crippen MR) is 211 cm³/mol. The van der Waals surface area contributed by atoms with Gasteiger partial charge >= 0.3 is 0 Å². The molecule has 4 aromatic rings. The Kier molecular flexibility index (Phi) is 11.0. The van der Waals surface area contributed by atoms with Crippen molar-refractivity contribution in [3.05, 3.63) is 89.7 Å². The molecule has 3 aromatic carbocycles. The van der Waals surface area contributed by atoms with Gasteiger partial charge in [0.15, 0.2) is 5.60 Å². The van der Waals surface area contributed by atoms with Crippen LogP contribution in [0.25, 0.3) is 0 Å². The van der Waals surface area contributed by atoms with Crippen LogP contribution in [0.5, 0.6) is 11.5 Å². The number of amides is 2. The summed E-state index contributed by atoms with van der Waals surface area (Å²) in [6.45, 7) is 8.62. The fourth-order valence-electron chi connectivity index (χ4n) is 9.18. The van der Waals surface area contributed by atoms with Crippen molar-refractivity contribution in [2.75, 3.05) is 37.2 Å². The Morgan fingerprint density at radius 1 is 0.944 bits per heavy atom. The SMILES string of the molecule is COc1ccc([Si](C)(C)[C@H]2[C@H](CCn3cc(CCO)nn3)O[C@@]3(C(=O)N(Cc4ccc(N5CCCCCCC5=O)cc4)c4ccc(OC)cc43)[C@@H]2C)cc1. The summed E-state index contributed by atoms with van der Waals surface area (Å²) in [5.74, 6) is 1.41. The van der Waals surface area contributed by atoms with E-state index in [2.05, 4.69) is 42.5 Å². The van der Waals surface area contributed by atoms with E-state index in [4.69, 9.17) is 14.2 Å². The molecular formula is C42H53N5O6Si. The lowest BCUT2D eigenvalue weighted by molar-refractivity contribution is -0.146. The van der Waals surface area contributed by atoms with Crippen molar-refractivity contribution in [1.29, 1.82) is 0 Å². The Balaban J connectivity index is 1.24. The number of aryl methyl sites for hydroxylation is 1. The average Bonchev–Trinajstić information content (AvgIpc) is 3.82. The largest absolute Gasteiger partial charge is 0.497 e. The third-order valence-electron chi connectivity index (χ3n) is 12.1. The smallest absolute Gasteiger partial charge is 0.264 e. The number of rotatable bonds is 12. The maximum absolute atomic E-state index is 15.3. The van der Waals surface area contributed by atoms with Crippen LogP contribution in [0.3, 0.4) is 0 Å². The van der Waals surface area contributed by atoms with E-state index in [1.807, 2.05) is 75.3 Å². The maximum Gasteiger partial charge on any atom is 0.264 e. The third kappa shape index (κ3) is 6.95. The first kappa shape index (κ1) is 37.8. The number of hydrogen-bond donors (Lipinski definition) is 1. The summed E-state index contributed by atoms with van der Waals surface area (Å²) in [5.41, 5.74) is 3.11. The van der Waals surface area contributed by atoms with Crippen molar-refractivity contribution in [3.63, 3.8) is 0 Å². The highest BCUT2D eigenvalue weighted by atomic mass is 28.3. The van der Waals surface area contributed by atoms with Gasteiger partial charge in [0, 0.05) is 55.9 Å². The third-order valence-corrected chi connectivity index (χ3v) is 16.4. The molecule has 1 N–H and O–H groups in total. The zero-order valence-corrected chi connectivity index (χ0v) is 33.2. The van der Waals surface area contributed by atoms with E-state index < -0.39 is 13.7 Å². The van der Waals surface area contributed by atoms with Crippen LogP contribution < -0.4 is 24.5 Å². The quantitative estimate of drug-likeness (QED) is 0.176. The van der Waals surface area contributed by atoms with E-state index in [-0.39, 0.29) is 36.0 Å². The molecular weight excluding hydrogens is 699 g/mol. The number of fused-ring (bicyclic) bond motifs is 2. The lowest BCUT2D eigenvalue weighted by Crippen LogP contribution is -2.51. The number of methoxy groups -OCH3 is 2. The van der Waals surface area contributed by atoms with Crippen molar-refractivity contribution >= 4 is 36.4 Å². The zero-order chi connectivity index (χ0) is 38.0. The second-order valence-electron chi connectivity index (χ2n) is 15.5. The van der Waals surface area contributed by atoms with Gasteiger partial charge in [-0.1, -0.05) is 67.5 Å². The first-order chi connectivity index (χ1) is 26.1. The summed E-state index contributed by atoms with van der Waals surface area (Å²) in [6.07, 6.45) is 7.46. The number of aliphatic hydroxyl groups excluding tert-OH is 1. The maximum atomic E-state index is 15.3. The molecule has 0 radical (unpaired) electrons. The Labute approximate surface area is 319 Å². The van der Waals surface area contributed by atoms with Gasteiger partial charge in [0.2, 0.25) is 5.91 Å². The van der Waals surface area contributed by atoms with E-state index in [1.54, 1.807) is 14.2 Å². The molecule has 7 rings (SSSR count). The molecule has 4 atom stereocenters. The minimum Gasteiger partial charge on any atom is -0.497 e. The summed E-state index contributed by atoms with van der Waals surface area (Å²) in [7, 11) is 0.979. The molecule has 12 heteroatoms. The molecule has 4 heterocycles. The van der Waals surface area contributed by atoms with Crippen LogP contribution in [0.2, 0.25) is 18.6 Å². The fraction of sp³-hybridized carbons (Fsp3) is 0.476. The summed E-state index contributed by atoms with van der Waals surface area (Å²) >= 11 is 0. The average molecular weight is 752 g/mol. The number of ether oxygens (including phenoxy) is 3. The lowest BCUT2D eigenvalue weighted by Gasteiger charge is -2.37. The van der Waals surface area contributed by atoms with E-state index in [0.717, 1.165) is 66.2 Å². The number of aromatic nitrogens is 3. The van der Waals surface area contributed by atoms with Crippen LogP contribution in [-0.2, 0) is 39.4 Å². The summed E-state index contributed by atoms with van der Waals surface area (Å²) in [4.78, 5) is 32.0. The topological polar surface area (TPSA) is 119 Å². The van der Waals surface area contributed by atoms with E-state index in [9.17, 15) is 9.90 Å². The van der Waals surface area contributed by atoms with Crippen molar-refractivity contribution < 1.29 is 28.9 Å². The van der Waals surface area contributed by atoms with Crippen LogP contribution in [0.4, 0.5) is 11.4 Å². The predicted octanol–water partition coefficient (Wildman–Crippen LogP) is 5.98. The number of carbonyl (C=O) groups excluding carboxylic acids is 2. The van der Waals surface area contributed by atoms with Crippen LogP contribution in [0, 0.1) is 5.92 Å². The van der Waals surface area contributed by atoms with Crippen molar-refractivity contribution in [2.45, 2.75) is 95.3 Å². The minimum absolute atomic E-state index is 0.0118. The van der Waals surface area contributed by atoms with Gasteiger partial charge in [-0.2, -0.15) is 0 Å². The molecule has 2 amide bonds. The molecule has 3 aliphatic rings. The minimum atomic E-state index is -2.34. The molecule has 286 valence electrons. The van der Waals surface area contributed by atoms with Crippen molar-refractivity contribution in [1.82, 2.24) is 15.0 Å². The van der Waals surface area contributed by atoms with Crippen molar-refractivity contribution in [3.8, 4) is 11.5 Å². The molecule has 1 spiro atoms. The number of aliphatic hydroxyl groups is 1. The highest BCUT2D eigenvalue weighted by Gasteiger charge is 2.66. The van der Waals surface area contributed by atoms with Crippen LogP contribution in [-0.4, -0.2) is 73.5 Å². The number of hydrogen-bond acceptors (Lipinski definition) is 8. The summed E-state index contributed by atoms with van der Waals surface area (Å²) in [6, 6.07) is 22.4. The Hall–Kier alpha value is -4.52. The summed E-state index contributed by atoms with van der Waals surface area (Å²) < 4.78 is 20.4. The molecule has 0 bridgehead atoms. The van der Waals surface area contributed by atoms with Crippen LogP contribution >= 0.6 is 0 Å². The van der Waals surface area contributed by atoms with Gasteiger partial charge in [0.05, 0.1) is 46.3 Å². The molecule has 0 unspecified atom stereocenters. The number of benzene rings is 3. The van der Waals surface area contributed by atoms with Gasteiger partial charge in [-0.25, -0.2) is 0 Å². The van der Waals surface area contributed by atoms with Gasteiger partial charge in [0.25, 0.3) is 5.91 Å². The fourth-order valence-corrected chi connectivity index (χ4v) is 13.2. The monoisotopic (exact) mass is 751 g/mol. The number of nitrogens with zero attached hydrogens (tertiary/aromatic N) is 5. The highest BCUT2D eigenvalue weighted by Crippen LogP contribution is 2.60. The molecule has 11 nitrogen and oxygen atoms in total. The standard InChI is InChI=1S/C42H53N5O6Si/c1-29-40(54(4,5)35-18-15-33(51-2)16-19-35)38(21-24-45-28-31(22-25-48)43-44-45)53-42(29)36-26-34(52-3)17-20-37(36)47(41(42)50)27-30-11-13-32(14-12-30)46-23-9-7-6-8-10-39(46)49/h11-20,26,28-29,38,40,48H,6-10,21-25,27H2,1-5H3/t29-,38+,40-,42+/m1/s1. The molecule has 3 aliphatic heterocycles. The second kappa shape index (κ2) is 15.7.